The molecule has 1 aromatic rings. The number of nitrogens with one attached hydrogen (secondary N) is 2. The largest absolute Gasteiger partial charge is 0.369 e. The van der Waals surface area contributed by atoms with Crippen molar-refractivity contribution in [3.05, 3.63) is 17.6 Å². The van der Waals surface area contributed by atoms with Crippen LogP contribution in [-0.2, 0) is 6.42 Å². The zero-order valence-electron chi connectivity index (χ0n) is 10.8. The van der Waals surface area contributed by atoms with E-state index >= 15 is 0 Å². The second-order valence-corrected chi connectivity index (χ2v) is 4.73. The molecule has 0 spiro atoms. The van der Waals surface area contributed by atoms with E-state index in [2.05, 4.69) is 27.5 Å². The van der Waals surface area contributed by atoms with Gasteiger partial charge in [-0.05, 0) is 45.2 Å². The van der Waals surface area contributed by atoms with Crippen LogP contribution in [0.5, 0.6) is 0 Å². The Morgan fingerprint density at radius 3 is 3.06 bits per heavy atom. The lowest BCUT2D eigenvalue weighted by Crippen LogP contribution is -2.33. The van der Waals surface area contributed by atoms with Crippen molar-refractivity contribution in [1.82, 2.24) is 15.3 Å². The van der Waals surface area contributed by atoms with Crippen LogP contribution in [0.25, 0.3) is 0 Å². The van der Waals surface area contributed by atoms with E-state index in [-0.39, 0.29) is 0 Å². The molecule has 0 amide bonds. The number of rotatable bonds is 4. The smallest absolute Gasteiger partial charge is 0.132 e. The number of piperidine rings is 1. The minimum Gasteiger partial charge on any atom is -0.369 e. The summed E-state index contributed by atoms with van der Waals surface area (Å²) in [5.74, 6) is 1.74. The zero-order valence-corrected chi connectivity index (χ0v) is 10.8. The average molecular weight is 234 g/mol. The molecule has 17 heavy (non-hydrogen) atoms. The van der Waals surface area contributed by atoms with Gasteiger partial charge in [-0.3, -0.25) is 0 Å². The summed E-state index contributed by atoms with van der Waals surface area (Å²) >= 11 is 0. The fourth-order valence-corrected chi connectivity index (χ4v) is 2.42. The molecule has 1 fully saturated rings. The van der Waals surface area contributed by atoms with E-state index < -0.39 is 0 Å². The van der Waals surface area contributed by atoms with Crippen LogP contribution in [0.15, 0.2) is 6.33 Å². The molecule has 1 unspecified atom stereocenters. The summed E-state index contributed by atoms with van der Waals surface area (Å²) < 4.78 is 0. The van der Waals surface area contributed by atoms with E-state index in [9.17, 15) is 0 Å². The predicted octanol–water partition coefficient (Wildman–Crippen LogP) is 1.76. The first-order chi connectivity index (χ1) is 8.31. The summed E-state index contributed by atoms with van der Waals surface area (Å²) in [5.41, 5.74) is 2.34. The van der Waals surface area contributed by atoms with Gasteiger partial charge in [0, 0.05) is 17.8 Å². The van der Waals surface area contributed by atoms with Crippen LogP contribution in [0.2, 0.25) is 0 Å². The van der Waals surface area contributed by atoms with E-state index in [0.717, 1.165) is 36.9 Å². The van der Waals surface area contributed by atoms with Crippen LogP contribution in [0.1, 0.15) is 31.0 Å². The Morgan fingerprint density at radius 2 is 2.35 bits per heavy atom. The first-order valence-electron chi connectivity index (χ1n) is 6.56. The van der Waals surface area contributed by atoms with Crippen molar-refractivity contribution in [2.45, 2.75) is 33.1 Å². The number of hydrogen-bond donors (Lipinski definition) is 2. The highest BCUT2D eigenvalue weighted by atomic mass is 15.0. The molecule has 0 saturated carbocycles. The van der Waals surface area contributed by atoms with E-state index in [0.29, 0.717) is 0 Å². The van der Waals surface area contributed by atoms with Crippen molar-refractivity contribution in [2.75, 3.05) is 25.0 Å². The van der Waals surface area contributed by atoms with Crippen molar-refractivity contribution in [3.8, 4) is 0 Å². The summed E-state index contributed by atoms with van der Waals surface area (Å²) in [6, 6.07) is 0. The molecule has 2 N–H and O–H groups in total. The van der Waals surface area contributed by atoms with Crippen LogP contribution in [0.3, 0.4) is 0 Å². The predicted molar refractivity (Wildman–Crippen MR) is 70.2 cm³/mol. The Bertz CT molecular complexity index is 358. The van der Waals surface area contributed by atoms with Gasteiger partial charge in [0.2, 0.25) is 0 Å². The third-order valence-corrected chi connectivity index (χ3v) is 3.47. The van der Waals surface area contributed by atoms with Gasteiger partial charge in [0.05, 0.1) is 0 Å². The van der Waals surface area contributed by atoms with Gasteiger partial charge in [-0.25, -0.2) is 9.97 Å². The van der Waals surface area contributed by atoms with Crippen molar-refractivity contribution >= 4 is 5.82 Å². The SMILES string of the molecule is CCc1c(C)ncnc1NCC1CCCNC1. The quantitative estimate of drug-likeness (QED) is 0.833. The maximum Gasteiger partial charge on any atom is 0.132 e. The Balaban J connectivity index is 1.95. The summed E-state index contributed by atoms with van der Waals surface area (Å²) in [6.45, 7) is 7.51. The summed E-state index contributed by atoms with van der Waals surface area (Å²) in [5, 5.41) is 6.92. The molecule has 94 valence electrons. The van der Waals surface area contributed by atoms with Crippen molar-refractivity contribution < 1.29 is 0 Å². The molecule has 0 bridgehead atoms. The highest BCUT2D eigenvalue weighted by Gasteiger charge is 2.13. The normalized spacial score (nSPS) is 20.2. The van der Waals surface area contributed by atoms with Crippen LogP contribution < -0.4 is 10.6 Å². The minimum atomic E-state index is 0.726. The highest BCUT2D eigenvalue weighted by Crippen LogP contribution is 2.17. The van der Waals surface area contributed by atoms with Gasteiger partial charge < -0.3 is 10.6 Å². The summed E-state index contributed by atoms with van der Waals surface area (Å²) in [6.07, 6.45) is 5.23. The van der Waals surface area contributed by atoms with Crippen LogP contribution >= 0.6 is 0 Å². The lowest BCUT2D eigenvalue weighted by atomic mass is 9.99. The Morgan fingerprint density at radius 1 is 1.47 bits per heavy atom. The van der Waals surface area contributed by atoms with Crippen LogP contribution in [0, 0.1) is 12.8 Å². The van der Waals surface area contributed by atoms with Gasteiger partial charge in [0.1, 0.15) is 12.1 Å². The number of aryl methyl sites for hydroxylation is 1. The van der Waals surface area contributed by atoms with Crippen LogP contribution in [0.4, 0.5) is 5.82 Å². The lowest BCUT2D eigenvalue weighted by molar-refractivity contribution is 0.392. The van der Waals surface area contributed by atoms with Gasteiger partial charge in [-0.1, -0.05) is 6.92 Å². The molecule has 1 atom stereocenters. The molecular formula is C13H22N4. The number of anilines is 1. The average Bonchev–Trinajstić information content (AvgIpc) is 2.37. The third kappa shape index (κ3) is 3.16. The van der Waals surface area contributed by atoms with E-state index in [4.69, 9.17) is 0 Å². The van der Waals surface area contributed by atoms with E-state index in [1.807, 2.05) is 6.92 Å². The molecule has 1 aliphatic heterocycles. The molecule has 1 aromatic heterocycles. The fraction of sp³-hybridized carbons (Fsp3) is 0.692. The lowest BCUT2D eigenvalue weighted by Gasteiger charge is -2.23. The molecule has 2 heterocycles. The highest BCUT2D eigenvalue weighted by molar-refractivity contribution is 5.45. The molecule has 0 aromatic carbocycles. The number of nitrogens with zero attached hydrogens (tertiary/aromatic N) is 2. The monoisotopic (exact) mass is 234 g/mol. The number of aromatic nitrogens is 2. The molecule has 2 rings (SSSR count). The first-order valence-corrected chi connectivity index (χ1v) is 6.56. The van der Waals surface area contributed by atoms with Crippen molar-refractivity contribution in [2.24, 2.45) is 5.92 Å². The van der Waals surface area contributed by atoms with Gasteiger partial charge in [0.15, 0.2) is 0 Å². The van der Waals surface area contributed by atoms with Gasteiger partial charge in [-0.15, -0.1) is 0 Å². The zero-order chi connectivity index (χ0) is 12.1. The summed E-state index contributed by atoms with van der Waals surface area (Å²) in [4.78, 5) is 8.59. The number of hydrogen-bond acceptors (Lipinski definition) is 4. The summed E-state index contributed by atoms with van der Waals surface area (Å²) in [7, 11) is 0. The Labute approximate surface area is 103 Å². The van der Waals surface area contributed by atoms with Crippen molar-refractivity contribution in [1.29, 1.82) is 0 Å². The maximum absolute atomic E-state index is 4.35. The standard InChI is InChI=1S/C13H22N4/c1-3-12-10(2)16-9-17-13(12)15-8-11-5-4-6-14-7-11/h9,11,14H,3-8H2,1-2H3,(H,15,16,17). The molecule has 1 aliphatic rings. The molecular weight excluding hydrogens is 212 g/mol. The first kappa shape index (κ1) is 12.3. The molecule has 0 aliphatic carbocycles. The Kier molecular flexibility index (Phi) is 4.31. The second kappa shape index (κ2) is 5.96. The third-order valence-electron chi connectivity index (χ3n) is 3.47. The van der Waals surface area contributed by atoms with Gasteiger partial charge in [-0.2, -0.15) is 0 Å². The van der Waals surface area contributed by atoms with E-state index in [1.54, 1.807) is 6.33 Å². The Hall–Kier alpha value is -1.16. The maximum atomic E-state index is 4.35. The molecule has 4 heteroatoms. The van der Waals surface area contributed by atoms with Gasteiger partial charge in [0.25, 0.3) is 0 Å². The minimum absolute atomic E-state index is 0.726. The topological polar surface area (TPSA) is 49.8 Å². The fourth-order valence-electron chi connectivity index (χ4n) is 2.42. The molecule has 4 nitrogen and oxygen atoms in total. The van der Waals surface area contributed by atoms with Crippen LogP contribution in [-0.4, -0.2) is 29.6 Å². The van der Waals surface area contributed by atoms with Crippen molar-refractivity contribution in [3.63, 3.8) is 0 Å². The van der Waals surface area contributed by atoms with E-state index in [1.165, 1.54) is 24.9 Å². The molecule has 1 saturated heterocycles. The molecule has 0 radical (unpaired) electrons. The second-order valence-electron chi connectivity index (χ2n) is 4.73. The van der Waals surface area contributed by atoms with Gasteiger partial charge >= 0.3 is 0 Å².